The van der Waals surface area contributed by atoms with E-state index >= 15 is 4.39 Å². The van der Waals surface area contributed by atoms with Gasteiger partial charge in [-0.15, -0.1) is 0 Å². The number of nitrogens with zero attached hydrogens (tertiary/aromatic N) is 4. The summed E-state index contributed by atoms with van der Waals surface area (Å²) in [6, 6.07) is 5.44. The van der Waals surface area contributed by atoms with Crippen molar-refractivity contribution in [1.82, 2.24) is 14.5 Å². The highest BCUT2D eigenvalue weighted by atomic mass is 19.1. The van der Waals surface area contributed by atoms with Crippen molar-refractivity contribution < 1.29 is 13.9 Å². The Bertz CT molecular complexity index is 1450. The Hall–Kier alpha value is -3.52. The van der Waals surface area contributed by atoms with Gasteiger partial charge in [0.05, 0.1) is 23.6 Å². The highest BCUT2D eigenvalue weighted by Gasteiger charge is 2.40. The standard InChI is InChI=1S/C29H31FN4O3/c1-32-12-4-6-19-15-33(17-24(19)32)27-23(30)13-21-26(29(27)37-2)34(20-8-9-20)16-22(28(21)36)25(35)10-7-18-5-3-11-31-14-18/h3,5,7,10-11,13-14,16,19-20,24H,4,6,8-9,12,15,17H2,1-2H3. The number of piperidine rings is 1. The Kier molecular flexibility index (Phi) is 6.07. The predicted octanol–water partition coefficient (Wildman–Crippen LogP) is 4.31. The number of hydrogen-bond acceptors (Lipinski definition) is 6. The lowest BCUT2D eigenvalue weighted by atomic mass is 9.93. The molecule has 0 N–H and O–H groups in total. The van der Waals surface area contributed by atoms with Gasteiger partial charge in [0.2, 0.25) is 5.43 Å². The van der Waals surface area contributed by atoms with Gasteiger partial charge < -0.3 is 19.1 Å². The second-order valence-corrected chi connectivity index (χ2v) is 10.5. The van der Waals surface area contributed by atoms with E-state index in [1.165, 1.54) is 19.3 Å². The summed E-state index contributed by atoms with van der Waals surface area (Å²) in [5.41, 5.74) is 1.30. The topological polar surface area (TPSA) is 67.7 Å². The molecule has 3 aromatic rings. The molecule has 3 aliphatic rings. The van der Waals surface area contributed by atoms with Crippen molar-refractivity contribution in [3.63, 3.8) is 0 Å². The fraction of sp³-hybridized carbons (Fsp3) is 0.414. The number of allylic oxidation sites excluding steroid dienone is 1. The number of aromatic nitrogens is 2. The van der Waals surface area contributed by atoms with Crippen molar-refractivity contribution in [2.24, 2.45) is 5.92 Å². The molecule has 1 aliphatic carbocycles. The minimum atomic E-state index is -0.486. The van der Waals surface area contributed by atoms with E-state index in [1.54, 1.807) is 30.7 Å². The highest BCUT2D eigenvalue weighted by molar-refractivity contribution is 6.08. The van der Waals surface area contributed by atoms with Crippen LogP contribution in [0.5, 0.6) is 5.75 Å². The third kappa shape index (κ3) is 4.23. The minimum absolute atomic E-state index is 0.0301. The lowest BCUT2D eigenvalue weighted by molar-refractivity contribution is 0.104. The SMILES string of the molecule is COc1c(N2CC3CCCN(C)C3C2)c(F)cc2c(=O)c(C(=O)C=Cc3cccnc3)cn(C3CC3)c12. The lowest BCUT2D eigenvalue weighted by Gasteiger charge is -2.33. The van der Waals surface area contributed by atoms with Crippen molar-refractivity contribution in [1.29, 1.82) is 0 Å². The molecular formula is C29H31FN4O3. The maximum absolute atomic E-state index is 15.8. The number of carbonyl (C=O) groups excluding carboxylic acids is 1. The molecule has 1 saturated carbocycles. The molecule has 0 amide bonds. The number of pyridine rings is 2. The largest absolute Gasteiger partial charge is 0.492 e. The quantitative estimate of drug-likeness (QED) is 0.370. The number of methoxy groups -OCH3 is 1. The van der Waals surface area contributed by atoms with Gasteiger partial charge in [0.15, 0.2) is 17.3 Å². The van der Waals surface area contributed by atoms with E-state index in [0.29, 0.717) is 28.9 Å². The molecule has 0 radical (unpaired) electrons. The molecule has 2 atom stereocenters. The number of likely N-dealkylation sites (tertiary alicyclic amines) is 1. The third-order valence-electron chi connectivity index (χ3n) is 8.09. The first-order valence-corrected chi connectivity index (χ1v) is 13.0. The van der Waals surface area contributed by atoms with E-state index in [4.69, 9.17) is 4.74 Å². The zero-order valence-corrected chi connectivity index (χ0v) is 21.2. The molecule has 4 heterocycles. The summed E-state index contributed by atoms with van der Waals surface area (Å²) in [4.78, 5) is 35.2. The van der Waals surface area contributed by atoms with E-state index in [-0.39, 0.29) is 17.0 Å². The van der Waals surface area contributed by atoms with Crippen LogP contribution in [0.15, 0.2) is 47.7 Å². The molecule has 6 rings (SSSR count). The van der Waals surface area contributed by atoms with E-state index < -0.39 is 17.0 Å². The van der Waals surface area contributed by atoms with Crippen LogP contribution in [-0.4, -0.2) is 60.1 Å². The van der Waals surface area contributed by atoms with Crippen LogP contribution in [0.1, 0.15) is 47.6 Å². The van der Waals surface area contributed by atoms with Gasteiger partial charge in [0.1, 0.15) is 5.69 Å². The van der Waals surface area contributed by atoms with Crippen molar-refractivity contribution in [2.45, 2.75) is 37.8 Å². The van der Waals surface area contributed by atoms with Crippen LogP contribution in [0.25, 0.3) is 17.0 Å². The summed E-state index contributed by atoms with van der Waals surface area (Å²) in [5.74, 6) is -0.0400. The van der Waals surface area contributed by atoms with E-state index in [0.717, 1.165) is 50.9 Å². The van der Waals surface area contributed by atoms with Crippen LogP contribution in [0.2, 0.25) is 0 Å². The smallest absolute Gasteiger partial charge is 0.200 e. The average Bonchev–Trinajstić information content (AvgIpc) is 3.66. The molecule has 0 spiro atoms. The fourth-order valence-electron chi connectivity index (χ4n) is 6.07. The molecule has 2 unspecified atom stereocenters. The van der Waals surface area contributed by atoms with Gasteiger partial charge in [-0.05, 0) is 75.0 Å². The Morgan fingerprint density at radius 1 is 1.24 bits per heavy atom. The summed E-state index contributed by atoms with van der Waals surface area (Å²) >= 11 is 0. The number of rotatable bonds is 6. The normalized spacial score (nSPS) is 22.1. The van der Waals surface area contributed by atoms with Crippen molar-refractivity contribution >= 4 is 28.4 Å². The molecule has 3 fully saturated rings. The monoisotopic (exact) mass is 502 g/mol. The second-order valence-electron chi connectivity index (χ2n) is 10.5. The lowest BCUT2D eigenvalue weighted by Crippen LogP contribution is -2.42. The molecular weight excluding hydrogens is 471 g/mol. The Morgan fingerprint density at radius 2 is 2.08 bits per heavy atom. The van der Waals surface area contributed by atoms with E-state index in [2.05, 4.69) is 21.8 Å². The molecule has 1 aromatic carbocycles. The van der Waals surface area contributed by atoms with Crippen molar-refractivity contribution in [2.75, 3.05) is 38.7 Å². The molecule has 2 aliphatic heterocycles. The van der Waals surface area contributed by atoms with Crippen LogP contribution < -0.4 is 15.1 Å². The molecule has 8 heteroatoms. The maximum Gasteiger partial charge on any atom is 0.200 e. The maximum atomic E-state index is 15.8. The Morgan fingerprint density at radius 3 is 2.78 bits per heavy atom. The number of fused-ring (bicyclic) bond motifs is 2. The van der Waals surface area contributed by atoms with Crippen LogP contribution in [0, 0.1) is 11.7 Å². The predicted molar refractivity (Wildman–Crippen MR) is 142 cm³/mol. The number of carbonyl (C=O) groups is 1. The third-order valence-corrected chi connectivity index (χ3v) is 8.09. The summed E-state index contributed by atoms with van der Waals surface area (Å²) in [5, 5.41) is 0.180. The first-order valence-electron chi connectivity index (χ1n) is 13.0. The number of halogens is 1. The average molecular weight is 503 g/mol. The van der Waals surface area contributed by atoms with Crippen molar-refractivity contribution in [3.05, 3.63) is 70.0 Å². The van der Waals surface area contributed by atoms with Gasteiger partial charge in [-0.1, -0.05) is 6.07 Å². The highest BCUT2D eigenvalue weighted by Crippen LogP contribution is 2.45. The van der Waals surface area contributed by atoms with Crippen LogP contribution in [0.4, 0.5) is 10.1 Å². The number of benzene rings is 1. The minimum Gasteiger partial charge on any atom is -0.492 e. The number of hydrogen-bond donors (Lipinski definition) is 0. The zero-order valence-electron chi connectivity index (χ0n) is 21.2. The fourth-order valence-corrected chi connectivity index (χ4v) is 6.07. The molecule has 192 valence electrons. The summed E-state index contributed by atoms with van der Waals surface area (Å²) in [7, 11) is 3.67. The first kappa shape index (κ1) is 23.9. The molecule has 2 aromatic heterocycles. The van der Waals surface area contributed by atoms with E-state index in [9.17, 15) is 9.59 Å². The van der Waals surface area contributed by atoms with Gasteiger partial charge in [-0.25, -0.2) is 4.39 Å². The van der Waals surface area contributed by atoms with Gasteiger partial charge in [-0.2, -0.15) is 0 Å². The Labute approximate surface area is 215 Å². The number of ether oxygens (including phenoxy) is 1. The molecule has 0 bridgehead atoms. The zero-order chi connectivity index (χ0) is 25.7. The number of likely N-dealkylation sites (N-methyl/N-ethyl adjacent to an activating group) is 1. The number of anilines is 1. The van der Waals surface area contributed by atoms with Crippen LogP contribution in [-0.2, 0) is 0 Å². The number of ketones is 1. The molecule has 7 nitrogen and oxygen atoms in total. The Balaban J connectivity index is 1.46. The van der Waals surface area contributed by atoms with Crippen LogP contribution in [0.3, 0.4) is 0 Å². The van der Waals surface area contributed by atoms with Gasteiger partial charge in [-0.3, -0.25) is 14.6 Å². The van der Waals surface area contributed by atoms with Gasteiger partial charge in [0.25, 0.3) is 0 Å². The van der Waals surface area contributed by atoms with Gasteiger partial charge >= 0.3 is 0 Å². The molecule has 37 heavy (non-hydrogen) atoms. The van der Waals surface area contributed by atoms with Crippen molar-refractivity contribution in [3.8, 4) is 5.75 Å². The molecule has 2 saturated heterocycles. The van der Waals surface area contributed by atoms with E-state index in [1.807, 2.05) is 10.6 Å². The second kappa shape index (κ2) is 9.41. The van der Waals surface area contributed by atoms with Crippen LogP contribution >= 0.6 is 0 Å². The first-order chi connectivity index (χ1) is 18.0. The summed E-state index contributed by atoms with van der Waals surface area (Å²) in [6.45, 7) is 2.54. The van der Waals surface area contributed by atoms with Gasteiger partial charge in [0, 0.05) is 43.8 Å². The summed E-state index contributed by atoms with van der Waals surface area (Å²) < 4.78 is 23.6. The summed E-state index contributed by atoms with van der Waals surface area (Å²) in [6.07, 6.45) is 12.1.